The molecule has 3 heterocycles. The zero-order valence-corrected chi connectivity index (χ0v) is 25.2. The Morgan fingerprint density at radius 2 is 1.70 bits per heavy atom. The maximum atomic E-state index is 12.6. The van der Waals surface area contributed by atoms with Crippen molar-refractivity contribution < 1.29 is 9.53 Å². The van der Waals surface area contributed by atoms with Crippen molar-refractivity contribution in [2.75, 3.05) is 31.1 Å². The number of aryl methyl sites for hydroxylation is 2. The number of fused-ring (bicyclic) bond motifs is 3. The molecule has 0 spiro atoms. The summed E-state index contributed by atoms with van der Waals surface area (Å²) < 4.78 is 5.60. The van der Waals surface area contributed by atoms with Crippen molar-refractivity contribution in [3.8, 4) is 0 Å². The fourth-order valence-electron chi connectivity index (χ4n) is 5.64. The summed E-state index contributed by atoms with van der Waals surface area (Å²) in [7, 11) is 0. The van der Waals surface area contributed by atoms with Gasteiger partial charge in [0.05, 0.1) is 11.6 Å². The number of benzene rings is 2. The van der Waals surface area contributed by atoms with E-state index in [0.29, 0.717) is 37.1 Å². The number of ether oxygens (including phenoxy) is 1. The van der Waals surface area contributed by atoms with Crippen LogP contribution in [0.25, 0.3) is 17.0 Å². The average molecular weight is 561 g/mol. The lowest BCUT2D eigenvalue weighted by atomic mass is 9.91. The molecule has 6 nitrogen and oxygen atoms in total. The first-order chi connectivity index (χ1) is 19.1. The standard InChI is InChI=1S/C33H41ClN4O2/c1-6-7-23-8-10-24(11-9-23)12-14-28-22(2)20-27-26-21-25(34)13-15-29(26)36-31(30(27)35-28)37-16-18-38(19-17-37)32(39)40-33(3,4)5/h8-11,13,15,20-22,28H,6-7,12,14,16-19H2,1-5H3. The van der Waals surface area contributed by atoms with Crippen LogP contribution in [-0.2, 0) is 17.6 Å². The Morgan fingerprint density at radius 3 is 2.35 bits per heavy atom. The molecule has 0 bridgehead atoms. The van der Waals surface area contributed by atoms with Gasteiger partial charge in [-0.05, 0) is 75.3 Å². The number of nitrogens with zero attached hydrogens (tertiary/aromatic N) is 4. The second kappa shape index (κ2) is 11.8. The van der Waals surface area contributed by atoms with Gasteiger partial charge in [-0.25, -0.2) is 9.78 Å². The molecule has 7 heteroatoms. The molecule has 1 amide bonds. The first kappa shape index (κ1) is 28.4. The number of rotatable bonds is 6. The minimum absolute atomic E-state index is 0.169. The Bertz CT molecular complexity index is 1490. The van der Waals surface area contributed by atoms with Crippen LogP contribution in [0.5, 0.6) is 0 Å². The van der Waals surface area contributed by atoms with Crippen molar-refractivity contribution in [3.63, 3.8) is 0 Å². The minimum atomic E-state index is -0.508. The predicted octanol–water partition coefficient (Wildman–Crippen LogP) is 5.95. The largest absolute Gasteiger partial charge is 0.444 e. The summed E-state index contributed by atoms with van der Waals surface area (Å²) in [6.07, 6.45) is 6.36. The summed E-state index contributed by atoms with van der Waals surface area (Å²) in [5, 5.41) is 3.80. The monoisotopic (exact) mass is 560 g/mol. The number of piperazine rings is 1. The van der Waals surface area contributed by atoms with Gasteiger partial charge in [-0.3, -0.25) is 4.99 Å². The number of hydrogen-bond donors (Lipinski definition) is 0. The summed E-state index contributed by atoms with van der Waals surface area (Å²) in [6.45, 7) is 12.7. The molecule has 2 aromatic carbocycles. The third-order valence-corrected chi connectivity index (χ3v) is 8.03. The Labute approximate surface area is 242 Å². The molecule has 0 radical (unpaired) electrons. The highest BCUT2D eigenvalue weighted by Gasteiger charge is 2.28. The van der Waals surface area contributed by atoms with E-state index < -0.39 is 5.60 Å². The van der Waals surface area contributed by atoms with Gasteiger partial charge in [0, 0.05) is 41.8 Å². The van der Waals surface area contributed by atoms with Crippen LogP contribution in [0, 0.1) is 5.92 Å². The number of pyridine rings is 1. The van der Waals surface area contributed by atoms with E-state index in [1.807, 2.05) is 39.0 Å². The highest BCUT2D eigenvalue weighted by molar-refractivity contribution is 6.31. The molecule has 0 saturated carbocycles. The molecule has 2 unspecified atom stereocenters. The first-order valence-corrected chi connectivity index (χ1v) is 15.0. The Balaban J connectivity index is 1.43. The van der Waals surface area contributed by atoms with E-state index in [-0.39, 0.29) is 12.1 Å². The molecule has 1 saturated heterocycles. The normalized spacial score (nSPS) is 19.1. The van der Waals surface area contributed by atoms with Gasteiger partial charge >= 0.3 is 6.09 Å². The van der Waals surface area contributed by atoms with Crippen molar-refractivity contribution in [1.82, 2.24) is 9.88 Å². The number of hydrogen-bond acceptors (Lipinski definition) is 5. The third-order valence-electron chi connectivity index (χ3n) is 7.79. The highest BCUT2D eigenvalue weighted by atomic mass is 35.5. The third kappa shape index (κ3) is 6.43. The van der Waals surface area contributed by atoms with Crippen molar-refractivity contribution in [2.45, 2.75) is 71.9 Å². The molecule has 2 atom stereocenters. The van der Waals surface area contributed by atoms with Gasteiger partial charge in [-0.2, -0.15) is 0 Å². The number of anilines is 1. The number of carbonyl (C=O) groups is 1. The van der Waals surface area contributed by atoms with E-state index in [4.69, 9.17) is 26.3 Å². The topological polar surface area (TPSA) is 58.0 Å². The van der Waals surface area contributed by atoms with E-state index in [9.17, 15) is 4.79 Å². The van der Waals surface area contributed by atoms with Crippen LogP contribution in [0.15, 0.2) is 47.5 Å². The molecule has 5 rings (SSSR count). The van der Waals surface area contributed by atoms with Crippen LogP contribution < -0.4 is 15.5 Å². The minimum Gasteiger partial charge on any atom is -0.444 e. The highest BCUT2D eigenvalue weighted by Crippen LogP contribution is 2.23. The zero-order valence-electron chi connectivity index (χ0n) is 24.4. The Hall–Kier alpha value is -3.12. The lowest BCUT2D eigenvalue weighted by molar-refractivity contribution is 0.0240. The lowest BCUT2D eigenvalue weighted by Crippen LogP contribution is -2.52. The number of amides is 1. The summed E-state index contributed by atoms with van der Waals surface area (Å²) in [6, 6.07) is 15.1. The summed E-state index contributed by atoms with van der Waals surface area (Å²) >= 11 is 6.42. The molecule has 3 aromatic rings. The van der Waals surface area contributed by atoms with Crippen LogP contribution in [-0.4, -0.2) is 53.8 Å². The predicted molar refractivity (Wildman–Crippen MR) is 164 cm³/mol. The SMILES string of the molecule is CCCc1ccc(CCC2N=c3c(N4CCN(C(=O)OC(C)(C)C)CC4)nc4ccc(Cl)cc4c3=CC2C)cc1. The quantitative estimate of drug-likeness (QED) is 0.374. The van der Waals surface area contributed by atoms with Crippen LogP contribution in [0.3, 0.4) is 0 Å². The van der Waals surface area contributed by atoms with E-state index >= 15 is 0 Å². The van der Waals surface area contributed by atoms with E-state index in [1.54, 1.807) is 4.90 Å². The van der Waals surface area contributed by atoms with Gasteiger partial charge in [0.25, 0.3) is 0 Å². The molecule has 212 valence electrons. The summed E-state index contributed by atoms with van der Waals surface area (Å²) in [5.74, 6) is 1.19. The molecule has 0 aliphatic carbocycles. The molecular formula is C33H41ClN4O2. The zero-order chi connectivity index (χ0) is 28.4. The maximum Gasteiger partial charge on any atom is 0.410 e. The number of halogens is 1. The van der Waals surface area contributed by atoms with Crippen molar-refractivity contribution in [3.05, 3.63) is 69.2 Å². The fraction of sp³-hybridized carbons (Fsp3) is 0.485. The van der Waals surface area contributed by atoms with E-state index in [0.717, 1.165) is 46.6 Å². The van der Waals surface area contributed by atoms with E-state index in [1.165, 1.54) is 17.5 Å². The average Bonchev–Trinajstić information content (AvgIpc) is 2.92. The smallest absolute Gasteiger partial charge is 0.410 e. The first-order valence-electron chi connectivity index (χ1n) is 14.6. The molecule has 2 aliphatic heterocycles. The van der Waals surface area contributed by atoms with Gasteiger partial charge in [0.15, 0.2) is 5.82 Å². The second-order valence-electron chi connectivity index (χ2n) is 12.1. The Kier molecular flexibility index (Phi) is 8.37. The van der Waals surface area contributed by atoms with Crippen LogP contribution in [0.2, 0.25) is 5.02 Å². The van der Waals surface area contributed by atoms with Crippen molar-refractivity contribution in [2.24, 2.45) is 10.9 Å². The molecule has 1 aromatic heterocycles. The fourth-order valence-corrected chi connectivity index (χ4v) is 5.81. The van der Waals surface area contributed by atoms with Crippen molar-refractivity contribution in [1.29, 1.82) is 0 Å². The Morgan fingerprint density at radius 1 is 1.02 bits per heavy atom. The molecule has 40 heavy (non-hydrogen) atoms. The summed E-state index contributed by atoms with van der Waals surface area (Å²) in [5.41, 5.74) is 3.16. The number of carbonyl (C=O) groups excluding carboxylic acids is 1. The van der Waals surface area contributed by atoms with E-state index in [2.05, 4.69) is 49.1 Å². The van der Waals surface area contributed by atoms with Crippen LogP contribution >= 0.6 is 11.6 Å². The summed E-state index contributed by atoms with van der Waals surface area (Å²) in [4.78, 5) is 27.2. The van der Waals surface area contributed by atoms with Gasteiger partial charge < -0.3 is 14.5 Å². The molecule has 0 N–H and O–H groups in total. The molecule has 2 aliphatic rings. The molecule has 1 fully saturated rings. The van der Waals surface area contributed by atoms with Gasteiger partial charge in [-0.1, -0.05) is 62.2 Å². The van der Waals surface area contributed by atoms with Crippen molar-refractivity contribution >= 4 is 40.5 Å². The molecular weight excluding hydrogens is 520 g/mol. The van der Waals surface area contributed by atoms with Gasteiger partial charge in [0.2, 0.25) is 0 Å². The number of aromatic nitrogens is 1. The lowest BCUT2D eigenvalue weighted by Gasteiger charge is -2.36. The van der Waals surface area contributed by atoms with Crippen LogP contribution in [0.1, 0.15) is 58.6 Å². The maximum absolute atomic E-state index is 12.6. The van der Waals surface area contributed by atoms with Gasteiger partial charge in [0.1, 0.15) is 11.0 Å². The van der Waals surface area contributed by atoms with Gasteiger partial charge in [-0.15, -0.1) is 0 Å². The van der Waals surface area contributed by atoms with Crippen LogP contribution in [0.4, 0.5) is 10.6 Å². The second-order valence-corrected chi connectivity index (χ2v) is 12.6.